The van der Waals surface area contributed by atoms with Gasteiger partial charge in [0.15, 0.2) is 0 Å². The molecule has 0 bridgehead atoms. The molecule has 0 unspecified atom stereocenters. The summed E-state index contributed by atoms with van der Waals surface area (Å²) in [4.78, 5) is 29.1. The molecule has 0 saturated carbocycles. The first-order valence-corrected chi connectivity index (χ1v) is 6.27. The standard InChI is InChI=1S/C14H17N3O3/c1-4-7-17(9-13(18)20-3)14(19)12-6-5-11(8-15)10(2)16-12/h5-6H,4,7,9H2,1-3H3. The molecule has 1 aromatic heterocycles. The van der Waals surface area contributed by atoms with Gasteiger partial charge in [-0.3, -0.25) is 9.59 Å². The number of hydrogen-bond donors (Lipinski definition) is 0. The largest absolute Gasteiger partial charge is 0.468 e. The van der Waals surface area contributed by atoms with Crippen molar-refractivity contribution in [1.29, 1.82) is 5.26 Å². The van der Waals surface area contributed by atoms with Crippen LogP contribution in [0, 0.1) is 18.3 Å². The van der Waals surface area contributed by atoms with E-state index in [-0.39, 0.29) is 18.1 Å². The molecule has 20 heavy (non-hydrogen) atoms. The number of aromatic nitrogens is 1. The van der Waals surface area contributed by atoms with Crippen LogP contribution in [-0.2, 0) is 9.53 Å². The van der Waals surface area contributed by atoms with Crippen molar-refractivity contribution in [3.05, 3.63) is 29.1 Å². The highest BCUT2D eigenvalue weighted by molar-refractivity contribution is 5.94. The molecular weight excluding hydrogens is 258 g/mol. The smallest absolute Gasteiger partial charge is 0.325 e. The molecule has 1 amide bonds. The number of nitriles is 1. The van der Waals surface area contributed by atoms with Gasteiger partial charge < -0.3 is 9.64 Å². The topological polar surface area (TPSA) is 83.3 Å². The number of carbonyl (C=O) groups excluding carboxylic acids is 2. The van der Waals surface area contributed by atoms with Crippen LogP contribution in [0.5, 0.6) is 0 Å². The fraction of sp³-hybridized carbons (Fsp3) is 0.429. The van der Waals surface area contributed by atoms with Crippen molar-refractivity contribution >= 4 is 11.9 Å². The van der Waals surface area contributed by atoms with E-state index in [1.54, 1.807) is 13.0 Å². The molecule has 0 aliphatic rings. The lowest BCUT2D eigenvalue weighted by molar-refractivity contribution is -0.141. The van der Waals surface area contributed by atoms with E-state index in [2.05, 4.69) is 9.72 Å². The molecule has 1 aromatic rings. The second-order valence-corrected chi connectivity index (χ2v) is 4.24. The summed E-state index contributed by atoms with van der Waals surface area (Å²) in [7, 11) is 1.28. The van der Waals surface area contributed by atoms with Crippen LogP contribution in [0.3, 0.4) is 0 Å². The number of pyridine rings is 1. The Balaban J connectivity index is 2.97. The van der Waals surface area contributed by atoms with Gasteiger partial charge in [-0.05, 0) is 25.5 Å². The average molecular weight is 275 g/mol. The summed E-state index contributed by atoms with van der Waals surface area (Å²) in [5.74, 6) is -0.818. The van der Waals surface area contributed by atoms with Crippen LogP contribution in [0.4, 0.5) is 0 Å². The zero-order valence-electron chi connectivity index (χ0n) is 11.8. The molecule has 106 valence electrons. The minimum Gasteiger partial charge on any atom is -0.468 e. The Labute approximate surface area is 118 Å². The summed E-state index contributed by atoms with van der Waals surface area (Å²) < 4.78 is 4.58. The van der Waals surface area contributed by atoms with E-state index in [1.807, 2.05) is 13.0 Å². The lowest BCUT2D eigenvalue weighted by Crippen LogP contribution is -2.37. The number of nitrogens with zero attached hydrogens (tertiary/aromatic N) is 3. The fourth-order valence-electron chi connectivity index (χ4n) is 1.70. The van der Waals surface area contributed by atoms with Gasteiger partial charge in [0.1, 0.15) is 18.3 Å². The van der Waals surface area contributed by atoms with Crippen LogP contribution in [-0.4, -0.2) is 42.0 Å². The predicted octanol–water partition coefficient (Wildman–Crippen LogP) is 1.29. The van der Waals surface area contributed by atoms with Crippen LogP contribution in [0.15, 0.2) is 12.1 Å². The summed E-state index contributed by atoms with van der Waals surface area (Å²) in [6, 6.07) is 5.04. The average Bonchev–Trinajstić information content (AvgIpc) is 2.45. The van der Waals surface area contributed by atoms with Crippen molar-refractivity contribution < 1.29 is 14.3 Å². The molecule has 0 spiro atoms. The maximum atomic E-state index is 12.3. The molecular formula is C14H17N3O3. The van der Waals surface area contributed by atoms with E-state index in [1.165, 1.54) is 18.1 Å². The molecule has 0 aliphatic carbocycles. The van der Waals surface area contributed by atoms with Crippen LogP contribution < -0.4 is 0 Å². The lowest BCUT2D eigenvalue weighted by Gasteiger charge is -2.20. The number of amides is 1. The maximum Gasteiger partial charge on any atom is 0.325 e. The number of rotatable bonds is 5. The zero-order valence-corrected chi connectivity index (χ0v) is 11.8. The second-order valence-electron chi connectivity index (χ2n) is 4.24. The first-order valence-electron chi connectivity index (χ1n) is 6.27. The van der Waals surface area contributed by atoms with E-state index in [9.17, 15) is 9.59 Å². The number of methoxy groups -OCH3 is 1. The van der Waals surface area contributed by atoms with Crippen LogP contribution >= 0.6 is 0 Å². The third-order valence-electron chi connectivity index (χ3n) is 2.75. The summed E-state index contributed by atoms with van der Waals surface area (Å²) >= 11 is 0. The van der Waals surface area contributed by atoms with E-state index in [0.29, 0.717) is 17.8 Å². The van der Waals surface area contributed by atoms with Gasteiger partial charge in [-0.2, -0.15) is 5.26 Å². The molecule has 0 aromatic carbocycles. The number of aryl methyl sites for hydroxylation is 1. The summed E-state index contributed by atoms with van der Waals surface area (Å²) in [6.45, 7) is 3.91. The number of ether oxygens (including phenoxy) is 1. The lowest BCUT2D eigenvalue weighted by atomic mass is 10.2. The third-order valence-corrected chi connectivity index (χ3v) is 2.75. The molecule has 1 heterocycles. The highest BCUT2D eigenvalue weighted by atomic mass is 16.5. The van der Waals surface area contributed by atoms with Gasteiger partial charge in [0.25, 0.3) is 5.91 Å². The van der Waals surface area contributed by atoms with Crippen molar-refractivity contribution in [2.75, 3.05) is 20.2 Å². The van der Waals surface area contributed by atoms with E-state index in [4.69, 9.17) is 5.26 Å². The van der Waals surface area contributed by atoms with Crippen molar-refractivity contribution in [3.63, 3.8) is 0 Å². The molecule has 0 radical (unpaired) electrons. The SMILES string of the molecule is CCCN(CC(=O)OC)C(=O)c1ccc(C#N)c(C)n1. The minimum atomic E-state index is -0.475. The van der Waals surface area contributed by atoms with E-state index < -0.39 is 5.97 Å². The highest BCUT2D eigenvalue weighted by Gasteiger charge is 2.20. The maximum absolute atomic E-state index is 12.3. The van der Waals surface area contributed by atoms with Gasteiger partial charge in [0, 0.05) is 6.54 Å². The number of hydrogen-bond acceptors (Lipinski definition) is 5. The van der Waals surface area contributed by atoms with E-state index >= 15 is 0 Å². The second kappa shape index (κ2) is 7.24. The van der Waals surface area contributed by atoms with Crippen LogP contribution in [0.25, 0.3) is 0 Å². The summed E-state index contributed by atoms with van der Waals surface area (Å²) in [5, 5.41) is 8.85. The normalized spacial score (nSPS) is 9.70. The monoisotopic (exact) mass is 275 g/mol. The molecule has 0 N–H and O–H groups in total. The Kier molecular flexibility index (Phi) is 5.66. The molecule has 6 nitrogen and oxygen atoms in total. The molecule has 0 atom stereocenters. The van der Waals surface area contributed by atoms with Gasteiger partial charge in [-0.25, -0.2) is 4.98 Å². The van der Waals surface area contributed by atoms with Crippen molar-refractivity contribution in [2.45, 2.75) is 20.3 Å². The fourth-order valence-corrected chi connectivity index (χ4v) is 1.70. The van der Waals surface area contributed by atoms with Gasteiger partial charge in [0.2, 0.25) is 0 Å². The summed E-state index contributed by atoms with van der Waals surface area (Å²) in [5.41, 5.74) is 1.14. The molecule has 0 saturated heterocycles. The van der Waals surface area contributed by atoms with Gasteiger partial charge in [0.05, 0.1) is 18.4 Å². The summed E-state index contributed by atoms with van der Waals surface area (Å²) in [6.07, 6.45) is 0.720. The molecule has 6 heteroatoms. The quantitative estimate of drug-likeness (QED) is 0.756. The molecule has 0 fully saturated rings. The predicted molar refractivity (Wildman–Crippen MR) is 71.9 cm³/mol. The van der Waals surface area contributed by atoms with Crippen molar-refractivity contribution in [1.82, 2.24) is 9.88 Å². The first-order chi connectivity index (χ1) is 9.53. The highest BCUT2D eigenvalue weighted by Crippen LogP contribution is 2.08. The minimum absolute atomic E-state index is 0.107. The zero-order chi connectivity index (χ0) is 15.1. The van der Waals surface area contributed by atoms with E-state index in [0.717, 1.165) is 6.42 Å². The Morgan fingerprint density at radius 2 is 2.15 bits per heavy atom. The van der Waals surface area contributed by atoms with Crippen molar-refractivity contribution in [2.24, 2.45) is 0 Å². The molecule has 1 rings (SSSR count). The van der Waals surface area contributed by atoms with Gasteiger partial charge >= 0.3 is 5.97 Å². The van der Waals surface area contributed by atoms with Crippen LogP contribution in [0.1, 0.15) is 35.1 Å². The van der Waals surface area contributed by atoms with Gasteiger partial charge in [-0.1, -0.05) is 6.92 Å². The van der Waals surface area contributed by atoms with Crippen LogP contribution in [0.2, 0.25) is 0 Å². The van der Waals surface area contributed by atoms with Gasteiger partial charge in [-0.15, -0.1) is 0 Å². The molecule has 0 aliphatic heterocycles. The Bertz CT molecular complexity index is 549. The number of carbonyl (C=O) groups is 2. The van der Waals surface area contributed by atoms with Crippen molar-refractivity contribution in [3.8, 4) is 6.07 Å². The number of esters is 1. The Morgan fingerprint density at radius 3 is 2.65 bits per heavy atom. The Morgan fingerprint density at radius 1 is 1.45 bits per heavy atom. The first kappa shape index (κ1) is 15.6. The Hall–Kier alpha value is -2.42. The third kappa shape index (κ3) is 3.79.